The second-order valence-corrected chi connectivity index (χ2v) is 7.85. The van der Waals surface area contributed by atoms with Crippen LogP contribution >= 0.6 is 23.1 Å². The molecule has 5 nitrogen and oxygen atoms in total. The minimum atomic E-state index is -0.0714. The van der Waals surface area contributed by atoms with E-state index < -0.39 is 0 Å². The fraction of sp³-hybridized carbons (Fsp3) is 0.316. The summed E-state index contributed by atoms with van der Waals surface area (Å²) in [7, 11) is 0. The number of unbranched alkanes of at least 4 members (excludes halogenated alkanes) is 1. The molecule has 0 saturated heterocycles. The van der Waals surface area contributed by atoms with Gasteiger partial charge in [-0.15, -0.1) is 11.3 Å². The van der Waals surface area contributed by atoms with Gasteiger partial charge in [0.2, 0.25) is 5.91 Å². The van der Waals surface area contributed by atoms with E-state index in [1.165, 1.54) is 11.8 Å². The molecular weight excluding hydrogens is 366 g/mol. The molecule has 3 aromatic rings. The van der Waals surface area contributed by atoms with Crippen LogP contribution in [0.15, 0.2) is 51.7 Å². The van der Waals surface area contributed by atoms with Crippen LogP contribution in [-0.4, -0.2) is 27.8 Å². The van der Waals surface area contributed by atoms with Gasteiger partial charge in [-0.25, -0.2) is 4.98 Å². The highest BCUT2D eigenvalue weighted by Gasteiger charge is 2.14. The number of nitrogens with zero attached hydrogens (tertiary/aromatic N) is 2. The SMILES string of the molecule is CCCCNC(=O)CSc1nc2ccccc2c(=O)n1Cc1cccs1. The van der Waals surface area contributed by atoms with Gasteiger partial charge in [-0.3, -0.25) is 14.2 Å². The summed E-state index contributed by atoms with van der Waals surface area (Å²) in [6.07, 6.45) is 2.01. The first-order chi connectivity index (χ1) is 12.7. The number of carbonyl (C=O) groups is 1. The van der Waals surface area contributed by atoms with Crippen LogP contribution in [0.2, 0.25) is 0 Å². The van der Waals surface area contributed by atoms with E-state index in [2.05, 4.69) is 17.2 Å². The summed E-state index contributed by atoms with van der Waals surface area (Å²) < 4.78 is 1.66. The molecule has 0 fully saturated rings. The predicted molar refractivity (Wildman–Crippen MR) is 108 cm³/mol. The lowest BCUT2D eigenvalue weighted by Crippen LogP contribution is -2.27. The van der Waals surface area contributed by atoms with Gasteiger partial charge in [0.05, 0.1) is 23.2 Å². The third-order valence-corrected chi connectivity index (χ3v) is 5.74. The zero-order valence-corrected chi connectivity index (χ0v) is 16.2. The Bertz CT molecular complexity index is 936. The van der Waals surface area contributed by atoms with Crippen LogP contribution < -0.4 is 10.9 Å². The highest BCUT2D eigenvalue weighted by molar-refractivity contribution is 7.99. The normalized spacial score (nSPS) is 11.0. The summed E-state index contributed by atoms with van der Waals surface area (Å²) in [6, 6.07) is 11.3. The maximum absolute atomic E-state index is 12.9. The summed E-state index contributed by atoms with van der Waals surface area (Å²) in [5.74, 6) is 0.215. The molecule has 0 aliphatic heterocycles. The molecule has 1 N–H and O–H groups in total. The monoisotopic (exact) mass is 387 g/mol. The minimum Gasteiger partial charge on any atom is -0.355 e. The second-order valence-electron chi connectivity index (χ2n) is 5.87. The molecule has 0 spiro atoms. The van der Waals surface area contributed by atoms with Crippen LogP contribution in [-0.2, 0) is 11.3 Å². The van der Waals surface area contributed by atoms with Crippen molar-refractivity contribution in [3.63, 3.8) is 0 Å². The average molecular weight is 388 g/mol. The van der Waals surface area contributed by atoms with Gasteiger partial charge in [0.1, 0.15) is 0 Å². The molecule has 7 heteroatoms. The first kappa shape index (κ1) is 18.7. The summed E-state index contributed by atoms with van der Waals surface area (Å²) >= 11 is 2.91. The van der Waals surface area contributed by atoms with E-state index in [0.717, 1.165) is 17.7 Å². The lowest BCUT2D eigenvalue weighted by molar-refractivity contribution is -0.118. The summed E-state index contributed by atoms with van der Waals surface area (Å²) in [4.78, 5) is 30.7. The van der Waals surface area contributed by atoms with Crippen LogP contribution in [0, 0.1) is 0 Å². The Morgan fingerprint density at radius 3 is 2.88 bits per heavy atom. The van der Waals surface area contributed by atoms with Crippen LogP contribution in [0.5, 0.6) is 0 Å². The number of para-hydroxylation sites is 1. The maximum Gasteiger partial charge on any atom is 0.262 e. The Hall–Kier alpha value is -2.12. The molecule has 1 amide bonds. The number of hydrogen-bond acceptors (Lipinski definition) is 5. The fourth-order valence-corrected chi connectivity index (χ4v) is 4.06. The van der Waals surface area contributed by atoms with E-state index >= 15 is 0 Å². The van der Waals surface area contributed by atoms with E-state index in [9.17, 15) is 9.59 Å². The third-order valence-electron chi connectivity index (χ3n) is 3.91. The van der Waals surface area contributed by atoms with Crippen molar-refractivity contribution in [3.8, 4) is 0 Å². The number of nitrogens with one attached hydrogen (secondary N) is 1. The van der Waals surface area contributed by atoms with Crippen molar-refractivity contribution in [2.45, 2.75) is 31.5 Å². The van der Waals surface area contributed by atoms with Gasteiger partial charge >= 0.3 is 0 Å². The second kappa shape index (κ2) is 9.00. The van der Waals surface area contributed by atoms with Crippen molar-refractivity contribution in [1.82, 2.24) is 14.9 Å². The van der Waals surface area contributed by atoms with Gasteiger partial charge in [0.25, 0.3) is 5.56 Å². The van der Waals surface area contributed by atoms with Crippen LogP contribution in [0.4, 0.5) is 0 Å². The van der Waals surface area contributed by atoms with Crippen molar-refractivity contribution < 1.29 is 4.79 Å². The van der Waals surface area contributed by atoms with E-state index in [1.807, 2.05) is 35.7 Å². The quantitative estimate of drug-likeness (QED) is 0.365. The molecule has 136 valence electrons. The predicted octanol–water partition coefficient (Wildman–Crippen LogP) is 3.51. The highest BCUT2D eigenvalue weighted by atomic mass is 32.2. The maximum atomic E-state index is 12.9. The molecular formula is C19H21N3O2S2. The van der Waals surface area contributed by atoms with Crippen molar-refractivity contribution in [2.24, 2.45) is 0 Å². The number of carbonyl (C=O) groups excluding carboxylic acids is 1. The zero-order valence-electron chi connectivity index (χ0n) is 14.6. The van der Waals surface area contributed by atoms with Crippen LogP contribution in [0.3, 0.4) is 0 Å². The van der Waals surface area contributed by atoms with Crippen molar-refractivity contribution in [2.75, 3.05) is 12.3 Å². The number of amides is 1. The first-order valence-electron chi connectivity index (χ1n) is 8.60. The standard InChI is InChI=1S/C19H21N3O2S2/c1-2-3-10-20-17(23)13-26-19-21-16-9-5-4-8-15(16)18(24)22(19)12-14-7-6-11-25-14/h4-9,11H,2-3,10,12-13H2,1H3,(H,20,23). The molecule has 0 bridgehead atoms. The number of fused-ring (bicyclic) bond motifs is 1. The van der Waals surface area contributed by atoms with Crippen LogP contribution in [0.1, 0.15) is 24.6 Å². The largest absolute Gasteiger partial charge is 0.355 e. The topological polar surface area (TPSA) is 64.0 Å². The zero-order chi connectivity index (χ0) is 18.4. The molecule has 0 aliphatic rings. The molecule has 0 aliphatic carbocycles. The van der Waals surface area contributed by atoms with Gasteiger partial charge in [0.15, 0.2) is 5.16 Å². The van der Waals surface area contributed by atoms with E-state index in [4.69, 9.17) is 0 Å². The molecule has 26 heavy (non-hydrogen) atoms. The molecule has 0 unspecified atom stereocenters. The molecule has 3 rings (SSSR count). The van der Waals surface area contributed by atoms with E-state index in [0.29, 0.717) is 29.1 Å². The Balaban J connectivity index is 1.87. The van der Waals surface area contributed by atoms with Gasteiger partial charge in [0, 0.05) is 11.4 Å². The Morgan fingerprint density at radius 1 is 1.27 bits per heavy atom. The average Bonchev–Trinajstić information content (AvgIpc) is 3.16. The lowest BCUT2D eigenvalue weighted by atomic mass is 10.2. The minimum absolute atomic E-state index is 0.0338. The van der Waals surface area contributed by atoms with Gasteiger partial charge in [-0.05, 0) is 30.0 Å². The smallest absolute Gasteiger partial charge is 0.262 e. The fourth-order valence-electron chi connectivity index (χ4n) is 2.54. The summed E-state index contributed by atoms with van der Waals surface area (Å²) in [5.41, 5.74) is 0.590. The Labute approximate surface area is 160 Å². The molecule has 0 saturated carbocycles. The Morgan fingerprint density at radius 2 is 2.12 bits per heavy atom. The number of aromatic nitrogens is 2. The molecule has 0 atom stereocenters. The summed E-state index contributed by atoms with van der Waals surface area (Å²) in [6.45, 7) is 3.24. The van der Waals surface area contributed by atoms with Crippen molar-refractivity contribution in [3.05, 3.63) is 57.0 Å². The van der Waals surface area contributed by atoms with Crippen molar-refractivity contribution >= 4 is 39.9 Å². The number of hydrogen-bond donors (Lipinski definition) is 1. The van der Waals surface area contributed by atoms with Gasteiger partial charge in [-0.2, -0.15) is 0 Å². The number of rotatable bonds is 8. The third kappa shape index (κ3) is 4.53. The highest BCUT2D eigenvalue weighted by Crippen LogP contribution is 2.20. The number of thiophene rings is 1. The van der Waals surface area contributed by atoms with Crippen LogP contribution in [0.25, 0.3) is 10.9 Å². The lowest BCUT2D eigenvalue weighted by Gasteiger charge is -2.12. The molecule has 2 aromatic heterocycles. The molecule has 2 heterocycles. The molecule has 0 radical (unpaired) electrons. The van der Waals surface area contributed by atoms with E-state index in [1.54, 1.807) is 22.0 Å². The van der Waals surface area contributed by atoms with Gasteiger partial charge < -0.3 is 5.32 Å². The summed E-state index contributed by atoms with van der Waals surface area (Å²) in [5, 5.41) is 6.06. The Kier molecular flexibility index (Phi) is 6.46. The van der Waals surface area contributed by atoms with Crippen molar-refractivity contribution in [1.29, 1.82) is 0 Å². The number of thioether (sulfide) groups is 1. The van der Waals surface area contributed by atoms with Gasteiger partial charge in [-0.1, -0.05) is 43.3 Å². The first-order valence-corrected chi connectivity index (χ1v) is 10.5. The van der Waals surface area contributed by atoms with E-state index in [-0.39, 0.29) is 17.2 Å². The molecule has 1 aromatic carbocycles. The number of benzene rings is 1.